The normalized spacial score (nSPS) is 15.4. The van der Waals surface area contributed by atoms with E-state index < -0.39 is 22.5 Å². The molecular weight excluding hydrogens is 494 g/mol. The summed E-state index contributed by atoms with van der Waals surface area (Å²) in [5, 5.41) is 11.5. The van der Waals surface area contributed by atoms with Gasteiger partial charge in [-0.05, 0) is 37.6 Å². The molecule has 9 nitrogen and oxygen atoms in total. The van der Waals surface area contributed by atoms with Crippen molar-refractivity contribution in [2.45, 2.75) is 19.9 Å². The van der Waals surface area contributed by atoms with Gasteiger partial charge in [0.15, 0.2) is 4.80 Å². The number of nitrogens with zero attached hydrogens (tertiary/aromatic N) is 3. The summed E-state index contributed by atoms with van der Waals surface area (Å²) in [5.41, 5.74) is 0.757. The quantitative estimate of drug-likeness (QED) is 0.284. The number of carbonyl (C=O) groups is 1. The predicted octanol–water partition coefficient (Wildman–Crippen LogP) is 3.37. The molecule has 0 amide bonds. The Labute approximate surface area is 208 Å². The zero-order valence-corrected chi connectivity index (χ0v) is 20.6. The number of esters is 1. The lowest BCUT2D eigenvalue weighted by Gasteiger charge is -2.24. The molecule has 0 spiro atoms. The van der Waals surface area contributed by atoms with Crippen LogP contribution in [0.3, 0.4) is 0 Å². The van der Waals surface area contributed by atoms with E-state index in [0.29, 0.717) is 38.5 Å². The van der Waals surface area contributed by atoms with E-state index in [-0.39, 0.29) is 16.3 Å². The van der Waals surface area contributed by atoms with Crippen molar-refractivity contribution in [3.63, 3.8) is 0 Å². The molecule has 180 valence electrons. The van der Waals surface area contributed by atoms with E-state index in [1.54, 1.807) is 19.1 Å². The van der Waals surface area contributed by atoms with Crippen LogP contribution in [0.1, 0.15) is 31.0 Å². The first kappa shape index (κ1) is 24.4. The minimum atomic E-state index is -0.987. The molecule has 11 heteroatoms. The predicted molar refractivity (Wildman–Crippen MR) is 131 cm³/mol. The number of allylic oxidation sites excluding steroid dienone is 1. The summed E-state index contributed by atoms with van der Waals surface area (Å²) in [6.07, 6.45) is 1.70. The zero-order chi connectivity index (χ0) is 25.3. The maximum Gasteiger partial charge on any atom is 0.338 e. The lowest BCUT2D eigenvalue weighted by Crippen LogP contribution is -2.39. The first-order chi connectivity index (χ1) is 16.8. The molecule has 0 radical (unpaired) electrons. The number of hydrogen-bond donors (Lipinski definition) is 0. The van der Waals surface area contributed by atoms with Gasteiger partial charge in [0.2, 0.25) is 0 Å². The number of methoxy groups -OCH3 is 1. The molecule has 3 aromatic rings. The van der Waals surface area contributed by atoms with E-state index >= 15 is 0 Å². The van der Waals surface area contributed by atoms with Gasteiger partial charge in [-0.3, -0.25) is 19.5 Å². The average Bonchev–Trinajstić information content (AvgIpc) is 3.13. The molecular formula is C24H20ClN3O6S. The van der Waals surface area contributed by atoms with Gasteiger partial charge < -0.3 is 9.47 Å². The SMILES string of the molecule is CCOc1ccccc1C=c1sc2n(c1=O)C(c1ccc(Cl)c([N+](=O)[O-])c1)C(C(=O)OC)=C(C)N=2. The molecule has 4 rings (SSSR count). The largest absolute Gasteiger partial charge is 0.493 e. The minimum absolute atomic E-state index is 0.0565. The van der Waals surface area contributed by atoms with Crippen molar-refractivity contribution in [2.75, 3.05) is 13.7 Å². The topological polar surface area (TPSA) is 113 Å². The average molecular weight is 514 g/mol. The Morgan fingerprint density at radius 2 is 2.06 bits per heavy atom. The summed E-state index contributed by atoms with van der Waals surface area (Å²) >= 11 is 7.15. The molecule has 0 saturated carbocycles. The highest BCUT2D eigenvalue weighted by molar-refractivity contribution is 7.07. The van der Waals surface area contributed by atoms with Gasteiger partial charge in [-0.2, -0.15) is 0 Å². The molecule has 1 atom stereocenters. The zero-order valence-electron chi connectivity index (χ0n) is 19.0. The van der Waals surface area contributed by atoms with Gasteiger partial charge in [-0.1, -0.05) is 47.2 Å². The van der Waals surface area contributed by atoms with Crippen LogP contribution in [0.2, 0.25) is 5.02 Å². The van der Waals surface area contributed by atoms with Gasteiger partial charge in [0.1, 0.15) is 10.8 Å². The number of nitro benzene ring substituents is 1. The molecule has 0 fully saturated rings. The molecule has 35 heavy (non-hydrogen) atoms. The fourth-order valence-corrected chi connectivity index (χ4v) is 5.10. The highest BCUT2D eigenvalue weighted by atomic mass is 35.5. The summed E-state index contributed by atoms with van der Waals surface area (Å²) in [6, 6.07) is 10.5. The first-order valence-electron chi connectivity index (χ1n) is 10.5. The third-order valence-corrected chi connectivity index (χ3v) is 6.72. The second-order valence-electron chi connectivity index (χ2n) is 7.51. The lowest BCUT2D eigenvalue weighted by molar-refractivity contribution is -0.384. The maximum atomic E-state index is 13.6. The molecule has 0 N–H and O–H groups in total. The van der Waals surface area contributed by atoms with Crippen molar-refractivity contribution < 1.29 is 19.2 Å². The summed E-state index contributed by atoms with van der Waals surface area (Å²) in [4.78, 5) is 42.1. The number of para-hydroxylation sites is 1. The molecule has 1 aliphatic rings. The third-order valence-electron chi connectivity index (χ3n) is 5.42. The van der Waals surface area contributed by atoms with Gasteiger partial charge in [0.05, 0.1) is 40.5 Å². The third kappa shape index (κ3) is 4.50. The molecule has 1 aliphatic heterocycles. The van der Waals surface area contributed by atoms with Crippen molar-refractivity contribution in [2.24, 2.45) is 4.99 Å². The Balaban J connectivity index is 1.99. The number of carbonyl (C=O) groups excluding carboxylic acids is 1. The lowest BCUT2D eigenvalue weighted by atomic mass is 9.95. The Morgan fingerprint density at radius 1 is 1.31 bits per heavy atom. The number of thiazole rings is 1. The van der Waals surface area contributed by atoms with Crippen LogP contribution in [-0.4, -0.2) is 29.2 Å². The molecule has 1 aromatic heterocycles. The number of nitro groups is 1. The Bertz CT molecular complexity index is 1560. The van der Waals surface area contributed by atoms with Crippen LogP contribution in [0.5, 0.6) is 5.75 Å². The van der Waals surface area contributed by atoms with E-state index in [2.05, 4.69) is 4.99 Å². The number of hydrogen-bond acceptors (Lipinski definition) is 8. The van der Waals surface area contributed by atoms with Crippen molar-refractivity contribution in [1.82, 2.24) is 4.57 Å². The van der Waals surface area contributed by atoms with E-state index in [1.807, 2.05) is 31.2 Å². The highest BCUT2D eigenvalue weighted by Gasteiger charge is 2.34. The molecule has 0 saturated heterocycles. The molecule has 0 bridgehead atoms. The Morgan fingerprint density at radius 3 is 2.74 bits per heavy atom. The van der Waals surface area contributed by atoms with Crippen LogP contribution in [0, 0.1) is 10.1 Å². The van der Waals surface area contributed by atoms with Gasteiger partial charge >= 0.3 is 5.97 Å². The number of ether oxygens (including phenoxy) is 2. The minimum Gasteiger partial charge on any atom is -0.493 e. The summed E-state index contributed by atoms with van der Waals surface area (Å²) < 4.78 is 12.3. The number of fused-ring (bicyclic) bond motifs is 1. The standard InChI is InChI=1S/C24H20ClN3O6S/c1-4-34-18-8-6-5-7-14(18)12-19-22(29)27-21(15-9-10-16(25)17(11-15)28(31)32)20(23(30)33-3)13(2)26-24(27)35-19/h5-12,21H,4H2,1-3H3. The van der Waals surface area contributed by atoms with E-state index in [1.165, 1.54) is 23.8 Å². The van der Waals surface area contributed by atoms with Crippen molar-refractivity contribution in [1.29, 1.82) is 0 Å². The molecule has 2 aromatic carbocycles. The van der Waals surface area contributed by atoms with E-state index in [9.17, 15) is 19.7 Å². The molecule has 0 aliphatic carbocycles. The maximum absolute atomic E-state index is 13.6. The number of aromatic nitrogens is 1. The van der Waals surface area contributed by atoms with Crippen LogP contribution >= 0.6 is 22.9 Å². The summed E-state index contributed by atoms with van der Waals surface area (Å²) in [5.74, 6) is -0.0676. The second-order valence-corrected chi connectivity index (χ2v) is 8.93. The van der Waals surface area contributed by atoms with Crippen molar-refractivity contribution >= 4 is 40.7 Å². The first-order valence-corrected chi connectivity index (χ1v) is 11.7. The Hall–Kier alpha value is -3.76. The number of benzene rings is 2. The highest BCUT2D eigenvalue weighted by Crippen LogP contribution is 2.34. The van der Waals surface area contributed by atoms with Crippen LogP contribution in [0.4, 0.5) is 5.69 Å². The van der Waals surface area contributed by atoms with Crippen molar-refractivity contribution in [3.05, 3.63) is 99.7 Å². The van der Waals surface area contributed by atoms with Gasteiger partial charge in [-0.15, -0.1) is 0 Å². The van der Waals surface area contributed by atoms with Crippen molar-refractivity contribution in [3.8, 4) is 5.75 Å². The van der Waals surface area contributed by atoms with Crippen LogP contribution < -0.4 is 19.6 Å². The van der Waals surface area contributed by atoms with Gasteiger partial charge in [-0.25, -0.2) is 9.79 Å². The second kappa shape index (κ2) is 9.85. The van der Waals surface area contributed by atoms with Crippen LogP contribution in [-0.2, 0) is 9.53 Å². The number of halogens is 1. The summed E-state index contributed by atoms with van der Waals surface area (Å²) in [6.45, 7) is 3.96. The number of rotatable bonds is 6. The van der Waals surface area contributed by atoms with Gasteiger partial charge in [0.25, 0.3) is 11.2 Å². The van der Waals surface area contributed by atoms with Gasteiger partial charge in [0, 0.05) is 11.6 Å². The Kier molecular flexibility index (Phi) is 6.86. The fraction of sp³-hybridized carbons (Fsp3) is 0.208. The molecule has 1 unspecified atom stereocenters. The van der Waals surface area contributed by atoms with E-state index in [4.69, 9.17) is 21.1 Å². The van der Waals surface area contributed by atoms with Crippen LogP contribution in [0.15, 0.2) is 63.5 Å². The summed E-state index contributed by atoms with van der Waals surface area (Å²) in [7, 11) is 1.22. The van der Waals surface area contributed by atoms with Crippen LogP contribution in [0.25, 0.3) is 6.08 Å². The smallest absolute Gasteiger partial charge is 0.338 e. The van der Waals surface area contributed by atoms with E-state index in [0.717, 1.165) is 11.3 Å². The molecule has 2 heterocycles. The fourth-order valence-electron chi connectivity index (χ4n) is 3.88. The monoisotopic (exact) mass is 513 g/mol.